The third-order valence-corrected chi connectivity index (χ3v) is 23.0. The Labute approximate surface area is 647 Å². The van der Waals surface area contributed by atoms with Crippen molar-refractivity contribution in [3.63, 3.8) is 0 Å². The molecule has 0 N–H and O–H groups in total. The van der Waals surface area contributed by atoms with Crippen molar-refractivity contribution in [1.29, 1.82) is 0 Å². The highest BCUT2D eigenvalue weighted by Gasteiger charge is 2.52. The van der Waals surface area contributed by atoms with Crippen molar-refractivity contribution in [2.45, 2.75) is 5.41 Å². The van der Waals surface area contributed by atoms with Crippen LogP contribution in [0.3, 0.4) is 0 Å². The first-order valence-corrected chi connectivity index (χ1v) is 38.1. The van der Waals surface area contributed by atoms with Crippen molar-refractivity contribution in [3.8, 4) is 152 Å². The van der Waals surface area contributed by atoms with Gasteiger partial charge in [-0.05, 0) is 158 Å². The summed E-state index contributed by atoms with van der Waals surface area (Å²) in [7, 11) is 0. The molecule has 2 aliphatic rings. The summed E-state index contributed by atoms with van der Waals surface area (Å²) < 4.78 is 2.37. The summed E-state index contributed by atoms with van der Waals surface area (Å²) in [6, 6.07) is 142. The van der Waals surface area contributed by atoms with Gasteiger partial charge in [-0.1, -0.05) is 358 Å². The van der Waals surface area contributed by atoms with Crippen molar-refractivity contribution < 1.29 is 0 Å². The van der Waals surface area contributed by atoms with Crippen LogP contribution in [-0.2, 0) is 5.41 Å². The van der Waals surface area contributed by atoms with E-state index < -0.39 is 5.41 Å². The molecule has 7 heteroatoms. The highest BCUT2D eigenvalue weighted by atomic mass is 15.0. The Hall–Kier alpha value is -14.9. The van der Waals surface area contributed by atoms with Crippen LogP contribution in [-0.4, -0.2) is 34.5 Å². The number of rotatable bonds is 12. The Morgan fingerprint density at radius 2 is 0.518 bits per heavy atom. The Morgan fingerprint density at radius 1 is 0.179 bits per heavy atom. The monoisotopic (exact) mass is 1420 g/mol. The molecule has 17 aromatic carbocycles. The molecule has 0 saturated carbocycles. The zero-order valence-corrected chi connectivity index (χ0v) is 60.7. The van der Waals surface area contributed by atoms with Crippen LogP contribution in [0.15, 0.2) is 394 Å². The smallest absolute Gasteiger partial charge is 0.164 e. The summed E-state index contributed by atoms with van der Waals surface area (Å²) >= 11 is 0. The molecule has 0 saturated heterocycles. The van der Waals surface area contributed by atoms with Gasteiger partial charge in [0.2, 0.25) is 0 Å². The van der Waals surface area contributed by atoms with Crippen molar-refractivity contribution in [1.82, 2.24) is 34.5 Å². The van der Waals surface area contributed by atoms with E-state index in [1.54, 1.807) is 0 Å². The van der Waals surface area contributed by atoms with Gasteiger partial charge in [-0.15, -0.1) is 0 Å². The van der Waals surface area contributed by atoms with Gasteiger partial charge in [0.25, 0.3) is 0 Å². The Morgan fingerprint density at radius 3 is 1.04 bits per heavy atom. The zero-order valence-electron chi connectivity index (χ0n) is 60.7. The van der Waals surface area contributed by atoms with E-state index in [1.807, 2.05) is 78.9 Å². The van der Waals surface area contributed by atoms with Gasteiger partial charge in [0.1, 0.15) is 0 Å². The standard InChI is InChI=1S/C105H65N7/c1-4-26-71(27-5-1)99-106-100(72-28-6-2-7-29-72)108-102(107-99)74-52-48-70(49-53-74)97-81-35-13-11-25-67(81)57-62-88(97)87-40-23-43-93-98(87)89-65-77(58-63-92(89)105(93)90-41-18-14-36-83(90)84-37-15-19-42-91(84)105)76-32-22-33-78(64-76)104-110-101(73-30-8-3-9-31-73)109-103(111-104)75-50-46-69(47-51-75)96-80-34-12-10-24-66(80)56-61-82(96)68-54-59-79(60-55-68)112-94-44-20-16-38-85(94)86-39-17-21-45-95(86)112/h1-65H. The van der Waals surface area contributed by atoms with Gasteiger partial charge in [-0.3, -0.25) is 0 Å². The van der Waals surface area contributed by atoms with Crippen LogP contribution >= 0.6 is 0 Å². The maximum absolute atomic E-state index is 5.41. The average Bonchev–Trinajstić information content (AvgIpc) is 1.50. The van der Waals surface area contributed by atoms with Gasteiger partial charge in [-0.2, -0.15) is 0 Å². The molecule has 0 atom stereocenters. The van der Waals surface area contributed by atoms with Crippen LogP contribution in [0.25, 0.3) is 195 Å². The number of aromatic nitrogens is 7. The molecule has 112 heavy (non-hydrogen) atoms. The molecule has 0 amide bonds. The maximum Gasteiger partial charge on any atom is 0.164 e. The zero-order chi connectivity index (χ0) is 73.8. The number of fused-ring (bicyclic) bond motifs is 15. The molecule has 0 unspecified atom stereocenters. The first-order valence-electron chi connectivity index (χ1n) is 38.1. The van der Waals surface area contributed by atoms with Crippen LogP contribution in [0.1, 0.15) is 22.3 Å². The third kappa shape index (κ3) is 10.4. The lowest BCUT2D eigenvalue weighted by Gasteiger charge is -2.30. The van der Waals surface area contributed by atoms with E-state index in [0.717, 1.165) is 99.9 Å². The molecule has 1 spiro atoms. The average molecular weight is 1420 g/mol. The lowest BCUT2D eigenvalue weighted by atomic mass is 9.70. The first kappa shape index (κ1) is 64.3. The van der Waals surface area contributed by atoms with Crippen LogP contribution in [0.5, 0.6) is 0 Å². The van der Waals surface area contributed by atoms with E-state index in [0.29, 0.717) is 34.9 Å². The predicted molar refractivity (Wildman–Crippen MR) is 459 cm³/mol. The molecule has 520 valence electrons. The van der Waals surface area contributed by atoms with E-state index in [4.69, 9.17) is 29.9 Å². The molecular weight excluding hydrogens is 1360 g/mol. The fourth-order valence-corrected chi connectivity index (χ4v) is 17.9. The molecule has 0 aliphatic heterocycles. The molecule has 2 aliphatic carbocycles. The number of nitrogens with zero attached hydrogens (tertiary/aromatic N) is 7. The molecular formula is C105H65N7. The van der Waals surface area contributed by atoms with E-state index in [-0.39, 0.29) is 0 Å². The van der Waals surface area contributed by atoms with Gasteiger partial charge in [0.15, 0.2) is 34.9 Å². The van der Waals surface area contributed by atoms with Crippen LogP contribution < -0.4 is 0 Å². The van der Waals surface area contributed by atoms with Crippen LogP contribution in [0.2, 0.25) is 0 Å². The molecule has 3 heterocycles. The van der Waals surface area contributed by atoms with Gasteiger partial charge >= 0.3 is 0 Å². The summed E-state index contributed by atoms with van der Waals surface area (Å²) in [6.07, 6.45) is 0. The van der Waals surface area contributed by atoms with Crippen molar-refractivity contribution >= 4 is 43.4 Å². The Balaban J connectivity index is 0.657. The summed E-state index contributed by atoms with van der Waals surface area (Å²) in [5.74, 6) is 3.63. The lowest BCUT2D eigenvalue weighted by molar-refractivity contribution is 0.794. The highest BCUT2D eigenvalue weighted by molar-refractivity contribution is 6.11. The summed E-state index contributed by atoms with van der Waals surface area (Å²) in [5, 5.41) is 7.17. The lowest BCUT2D eigenvalue weighted by Crippen LogP contribution is -2.25. The molecule has 0 bridgehead atoms. The largest absolute Gasteiger partial charge is 0.309 e. The van der Waals surface area contributed by atoms with Crippen molar-refractivity contribution in [3.05, 3.63) is 417 Å². The molecule has 0 fully saturated rings. The minimum Gasteiger partial charge on any atom is -0.309 e. The summed E-state index contributed by atoms with van der Waals surface area (Å²) in [5.41, 5.74) is 29.5. The number of hydrogen-bond acceptors (Lipinski definition) is 6. The molecule has 0 radical (unpaired) electrons. The molecule has 7 nitrogen and oxygen atoms in total. The van der Waals surface area contributed by atoms with Gasteiger partial charge in [-0.25, -0.2) is 29.9 Å². The molecule has 20 aromatic rings. The van der Waals surface area contributed by atoms with E-state index in [9.17, 15) is 0 Å². The van der Waals surface area contributed by atoms with Gasteiger partial charge in [0, 0.05) is 49.8 Å². The Bertz CT molecular complexity index is 7000. The summed E-state index contributed by atoms with van der Waals surface area (Å²) in [4.78, 5) is 31.3. The van der Waals surface area contributed by atoms with Crippen molar-refractivity contribution in [2.24, 2.45) is 0 Å². The minimum absolute atomic E-state index is 0.585. The quantitative estimate of drug-likeness (QED) is 0.121. The molecule has 3 aromatic heterocycles. The van der Waals surface area contributed by atoms with Gasteiger partial charge in [0.05, 0.1) is 16.4 Å². The van der Waals surface area contributed by atoms with Crippen molar-refractivity contribution in [2.75, 3.05) is 0 Å². The third-order valence-electron chi connectivity index (χ3n) is 23.0. The number of para-hydroxylation sites is 2. The normalized spacial score (nSPS) is 12.4. The number of benzene rings is 17. The maximum atomic E-state index is 5.41. The predicted octanol–water partition coefficient (Wildman–Crippen LogP) is 26.1. The number of hydrogen-bond donors (Lipinski definition) is 0. The second-order valence-electron chi connectivity index (χ2n) is 29.1. The Kier molecular flexibility index (Phi) is 15.0. The second kappa shape index (κ2) is 26.2. The topological polar surface area (TPSA) is 82.3 Å². The van der Waals surface area contributed by atoms with E-state index in [1.165, 1.54) is 82.6 Å². The highest BCUT2D eigenvalue weighted by Crippen LogP contribution is 2.65. The summed E-state index contributed by atoms with van der Waals surface area (Å²) in [6.45, 7) is 0. The fourth-order valence-electron chi connectivity index (χ4n) is 17.9. The first-order chi connectivity index (χ1) is 55.5. The van der Waals surface area contributed by atoms with E-state index >= 15 is 0 Å². The van der Waals surface area contributed by atoms with E-state index in [2.05, 4.69) is 320 Å². The fraction of sp³-hybridized carbons (Fsp3) is 0.00952. The minimum atomic E-state index is -0.610. The molecule has 22 rings (SSSR count). The second-order valence-corrected chi connectivity index (χ2v) is 29.1. The SMILES string of the molecule is c1ccc(-c2nc(-c3ccccc3)nc(-c3ccc(-c4c(-c5cccc6c5-c5cc(-c7cccc(-c8nc(-c9ccccc9)nc(-c9ccc(-c%10c(-c%11ccc(-n%12c%13ccccc%13c%13ccccc%13%12)cc%11)ccc%11ccccc%10%11)cc9)n8)c7)ccc5C65c6ccccc6-c6ccccc65)ccc5ccccc45)cc3)n2)cc1. The van der Waals surface area contributed by atoms with Crippen LogP contribution in [0, 0.1) is 0 Å². The van der Waals surface area contributed by atoms with Crippen LogP contribution in [0.4, 0.5) is 0 Å². The van der Waals surface area contributed by atoms with Gasteiger partial charge < -0.3 is 4.57 Å².